The van der Waals surface area contributed by atoms with Crippen LogP contribution < -0.4 is 10.1 Å². The molecule has 3 N–H and O–H groups in total. The van der Waals surface area contributed by atoms with E-state index in [-0.39, 0.29) is 0 Å². The molecule has 0 unspecified atom stereocenters. The molecule has 2 aromatic rings. The van der Waals surface area contributed by atoms with E-state index in [1.54, 1.807) is 11.8 Å². The van der Waals surface area contributed by atoms with Crippen molar-refractivity contribution in [1.82, 2.24) is 25.4 Å². The van der Waals surface area contributed by atoms with Crippen molar-refractivity contribution in [2.24, 2.45) is 0 Å². The molecule has 0 bridgehead atoms. The number of morpholine rings is 1. The molecule has 0 saturated carbocycles. The summed E-state index contributed by atoms with van der Waals surface area (Å²) in [7, 11) is 0. The minimum absolute atomic E-state index is 0.294. The van der Waals surface area contributed by atoms with Crippen LogP contribution in [0.3, 0.4) is 0 Å². The Hall–Kier alpha value is -1.65. The monoisotopic (exact) mass is 393 g/mol. The Morgan fingerprint density at radius 3 is 3.07 bits per heavy atom. The first-order valence-corrected chi connectivity index (χ1v) is 10.2. The van der Waals surface area contributed by atoms with Crippen LogP contribution in [0.2, 0.25) is 0 Å². The topological polar surface area (TPSA) is 95.5 Å². The minimum Gasteiger partial charge on any atom is -0.491 e. The van der Waals surface area contributed by atoms with Gasteiger partial charge in [0, 0.05) is 38.5 Å². The summed E-state index contributed by atoms with van der Waals surface area (Å²) in [6.07, 6.45) is 1.01. The summed E-state index contributed by atoms with van der Waals surface area (Å²) in [6, 6.07) is 7.97. The number of nitrogens with one attached hydrogen (secondary N) is 2. The molecule has 148 valence electrons. The Bertz CT molecular complexity index is 652. The molecule has 1 aromatic heterocycles. The first kappa shape index (κ1) is 20.1. The predicted molar refractivity (Wildman–Crippen MR) is 104 cm³/mol. The highest BCUT2D eigenvalue weighted by molar-refractivity contribution is 7.99. The zero-order valence-corrected chi connectivity index (χ0v) is 16.2. The van der Waals surface area contributed by atoms with Gasteiger partial charge in [-0.2, -0.15) is 5.10 Å². The molecule has 1 aliphatic heterocycles. The molecule has 2 heterocycles. The largest absolute Gasteiger partial charge is 0.491 e. The number of hydrogen-bond donors (Lipinski definition) is 3. The molecule has 9 heteroatoms. The summed E-state index contributed by atoms with van der Waals surface area (Å²) in [4.78, 5) is 6.28. The number of aromatic amines is 1. The van der Waals surface area contributed by atoms with E-state index in [9.17, 15) is 5.11 Å². The van der Waals surface area contributed by atoms with Gasteiger partial charge in [0.15, 0.2) is 5.16 Å². The molecule has 3 rings (SSSR count). The standard InChI is InChI=1S/C18H27N5O3S/c24-16(12-23-5-7-25-8-6-23)13-26-17-3-1-2-15(10-17)11-19-4-9-27-18-20-14-21-22-18/h1-3,10,14,16,19,24H,4-9,11-13H2,(H,20,21,22)/t16-/m1/s1. The van der Waals surface area contributed by atoms with Crippen molar-refractivity contribution >= 4 is 11.8 Å². The van der Waals surface area contributed by atoms with E-state index in [0.717, 1.165) is 61.6 Å². The predicted octanol–water partition coefficient (Wildman–Crippen LogP) is 0.759. The lowest BCUT2D eigenvalue weighted by molar-refractivity contribution is 0.00465. The second kappa shape index (κ2) is 11.3. The fourth-order valence-corrected chi connectivity index (χ4v) is 3.47. The molecule has 27 heavy (non-hydrogen) atoms. The molecular formula is C18H27N5O3S. The van der Waals surface area contributed by atoms with Crippen LogP contribution in [0.5, 0.6) is 5.75 Å². The van der Waals surface area contributed by atoms with Gasteiger partial charge >= 0.3 is 0 Å². The van der Waals surface area contributed by atoms with Gasteiger partial charge in [0.1, 0.15) is 24.8 Å². The maximum absolute atomic E-state index is 10.2. The number of β-amino-alcohol motifs (C(OH)–C–C–N with tert-alkyl or cyclic N) is 1. The third kappa shape index (κ3) is 7.47. The number of rotatable bonds is 11. The lowest BCUT2D eigenvalue weighted by Crippen LogP contribution is -2.42. The zero-order valence-electron chi connectivity index (χ0n) is 15.3. The van der Waals surface area contributed by atoms with Crippen LogP contribution in [0.25, 0.3) is 0 Å². The van der Waals surface area contributed by atoms with E-state index in [1.807, 2.05) is 18.2 Å². The zero-order chi connectivity index (χ0) is 18.7. The molecule has 0 radical (unpaired) electrons. The number of H-pyrrole nitrogens is 1. The highest BCUT2D eigenvalue weighted by Gasteiger charge is 2.15. The van der Waals surface area contributed by atoms with Crippen molar-refractivity contribution in [3.05, 3.63) is 36.2 Å². The lowest BCUT2D eigenvalue weighted by atomic mass is 10.2. The summed E-state index contributed by atoms with van der Waals surface area (Å²) in [6.45, 7) is 5.76. The average Bonchev–Trinajstić information content (AvgIpc) is 3.21. The molecule has 8 nitrogen and oxygen atoms in total. The van der Waals surface area contributed by atoms with Gasteiger partial charge in [-0.05, 0) is 17.7 Å². The van der Waals surface area contributed by atoms with E-state index in [4.69, 9.17) is 9.47 Å². The molecule has 1 atom stereocenters. The van der Waals surface area contributed by atoms with Crippen molar-refractivity contribution in [3.63, 3.8) is 0 Å². The number of thioether (sulfide) groups is 1. The third-order valence-electron chi connectivity index (χ3n) is 4.15. The number of aromatic nitrogens is 3. The molecular weight excluding hydrogens is 366 g/mol. The Kier molecular flexibility index (Phi) is 8.37. The van der Waals surface area contributed by atoms with Gasteiger partial charge in [-0.1, -0.05) is 23.9 Å². The summed E-state index contributed by atoms with van der Waals surface area (Å²) in [5.74, 6) is 1.70. The third-order valence-corrected chi connectivity index (χ3v) is 5.03. The van der Waals surface area contributed by atoms with Crippen LogP contribution >= 0.6 is 11.8 Å². The summed E-state index contributed by atoms with van der Waals surface area (Å²) in [5.41, 5.74) is 1.15. The van der Waals surface area contributed by atoms with Gasteiger partial charge < -0.3 is 19.9 Å². The molecule has 1 aromatic carbocycles. The van der Waals surface area contributed by atoms with E-state index < -0.39 is 6.10 Å². The van der Waals surface area contributed by atoms with Crippen LogP contribution in [0.4, 0.5) is 0 Å². The molecule has 1 fully saturated rings. The van der Waals surface area contributed by atoms with Gasteiger partial charge in [-0.3, -0.25) is 10.00 Å². The number of hydrogen-bond acceptors (Lipinski definition) is 8. The van der Waals surface area contributed by atoms with Gasteiger partial charge in [0.2, 0.25) is 0 Å². The Morgan fingerprint density at radius 1 is 1.37 bits per heavy atom. The average molecular weight is 394 g/mol. The van der Waals surface area contributed by atoms with E-state index >= 15 is 0 Å². The summed E-state index contributed by atoms with van der Waals surface area (Å²) < 4.78 is 11.1. The second-order valence-corrected chi connectivity index (χ2v) is 7.42. The number of aliphatic hydroxyl groups is 1. The SMILES string of the molecule is O[C@@H](COc1cccc(CNCCSc2ncn[nH]2)c1)CN1CCOCC1. The molecule has 1 aliphatic rings. The maximum Gasteiger partial charge on any atom is 0.183 e. The molecule has 1 saturated heterocycles. The van der Waals surface area contributed by atoms with Gasteiger partial charge in [-0.25, -0.2) is 4.98 Å². The van der Waals surface area contributed by atoms with Gasteiger partial charge in [0.25, 0.3) is 0 Å². The van der Waals surface area contributed by atoms with E-state index in [0.29, 0.717) is 13.2 Å². The molecule has 0 aliphatic carbocycles. The number of nitrogens with zero attached hydrogens (tertiary/aromatic N) is 3. The highest BCUT2D eigenvalue weighted by Crippen LogP contribution is 2.14. The Labute approximate surface area is 163 Å². The fraction of sp³-hybridized carbons (Fsp3) is 0.556. The minimum atomic E-state index is -0.502. The normalized spacial score (nSPS) is 16.3. The maximum atomic E-state index is 10.2. The van der Waals surface area contributed by atoms with Crippen molar-refractivity contribution in [2.75, 3.05) is 51.8 Å². The summed E-state index contributed by atoms with van der Waals surface area (Å²) >= 11 is 1.63. The fourth-order valence-electron chi connectivity index (χ4n) is 2.79. The number of benzene rings is 1. The Morgan fingerprint density at radius 2 is 2.26 bits per heavy atom. The van der Waals surface area contributed by atoms with Crippen LogP contribution in [0, 0.1) is 0 Å². The number of ether oxygens (including phenoxy) is 2. The first-order chi connectivity index (χ1) is 13.3. The number of aliphatic hydroxyl groups excluding tert-OH is 1. The Balaban J connectivity index is 1.32. The van der Waals surface area contributed by atoms with Crippen molar-refractivity contribution < 1.29 is 14.6 Å². The van der Waals surface area contributed by atoms with E-state index in [1.165, 1.54) is 6.33 Å². The smallest absolute Gasteiger partial charge is 0.183 e. The van der Waals surface area contributed by atoms with Crippen molar-refractivity contribution in [3.8, 4) is 5.75 Å². The summed E-state index contributed by atoms with van der Waals surface area (Å²) in [5, 5.41) is 21.1. The van der Waals surface area contributed by atoms with Gasteiger partial charge in [-0.15, -0.1) is 0 Å². The molecule has 0 amide bonds. The highest BCUT2D eigenvalue weighted by atomic mass is 32.2. The van der Waals surface area contributed by atoms with Crippen molar-refractivity contribution in [1.29, 1.82) is 0 Å². The van der Waals surface area contributed by atoms with Gasteiger partial charge in [0.05, 0.1) is 13.2 Å². The van der Waals surface area contributed by atoms with E-state index in [2.05, 4.69) is 31.5 Å². The lowest BCUT2D eigenvalue weighted by Gasteiger charge is -2.28. The van der Waals surface area contributed by atoms with Crippen LogP contribution in [-0.4, -0.2) is 83.0 Å². The van der Waals surface area contributed by atoms with Crippen LogP contribution in [-0.2, 0) is 11.3 Å². The second-order valence-electron chi connectivity index (χ2n) is 6.34. The van der Waals surface area contributed by atoms with Crippen molar-refractivity contribution in [2.45, 2.75) is 17.8 Å². The first-order valence-electron chi connectivity index (χ1n) is 9.18. The van der Waals surface area contributed by atoms with Crippen LogP contribution in [0.1, 0.15) is 5.56 Å². The van der Waals surface area contributed by atoms with Crippen LogP contribution in [0.15, 0.2) is 35.7 Å². The quantitative estimate of drug-likeness (QED) is 0.380. The molecule has 0 spiro atoms.